The molecule has 7 nitrogen and oxygen atoms in total. The van der Waals surface area contributed by atoms with Crippen LogP contribution in [0.25, 0.3) is 11.0 Å². The molecule has 0 spiro atoms. The lowest BCUT2D eigenvalue weighted by Crippen LogP contribution is -2.46. The van der Waals surface area contributed by atoms with Crippen LogP contribution >= 0.6 is 0 Å². The van der Waals surface area contributed by atoms with E-state index in [4.69, 9.17) is 0 Å². The van der Waals surface area contributed by atoms with Gasteiger partial charge in [0, 0.05) is 19.1 Å². The van der Waals surface area contributed by atoms with E-state index in [0.717, 1.165) is 5.52 Å². The van der Waals surface area contributed by atoms with Crippen molar-refractivity contribution in [3.8, 4) is 0 Å². The van der Waals surface area contributed by atoms with Crippen LogP contribution in [0.1, 0.15) is 23.3 Å². The van der Waals surface area contributed by atoms with E-state index >= 15 is 0 Å². The average Bonchev–Trinajstić information content (AvgIpc) is 2.54. The van der Waals surface area contributed by atoms with Crippen molar-refractivity contribution in [2.75, 3.05) is 19.3 Å². The summed E-state index contributed by atoms with van der Waals surface area (Å²) < 4.78 is 24.4. The predicted molar refractivity (Wildman–Crippen MR) is 86.4 cm³/mol. The monoisotopic (exact) mass is 334 g/mol. The van der Waals surface area contributed by atoms with Crippen LogP contribution in [0.3, 0.4) is 0 Å². The van der Waals surface area contributed by atoms with Crippen LogP contribution in [0.15, 0.2) is 30.5 Å². The number of benzene rings is 1. The van der Waals surface area contributed by atoms with E-state index < -0.39 is 10.0 Å². The minimum absolute atomic E-state index is 0.0474. The number of aromatic nitrogens is 2. The number of fused-ring (bicyclic) bond motifs is 1. The second-order valence-corrected chi connectivity index (χ2v) is 7.64. The summed E-state index contributed by atoms with van der Waals surface area (Å²) in [5.74, 6) is -0.277. The van der Waals surface area contributed by atoms with Crippen LogP contribution in [0.2, 0.25) is 0 Å². The number of piperidine rings is 1. The van der Waals surface area contributed by atoms with Crippen molar-refractivity contribution in [1.29, 1.82) is 0 Å². The highest BCUT2D eigenvalue weighted by atomic mass is 32.2. The number of sulfonamides is 1. The van der Waals surface area contributed by atoms with Gasteiger partial charge >= 0.3 is 0 Å². The maximum Gasteiger partial charge on any atom is 0.271 e. The standard InChI is InChI=1S/C15H18N4O3S/c1-23(21,22)19-8-6-11(7-9-19)17-15(20)14-10-16-12-4-2-3-5-13(12)18-14/h2-5,10-11H,6-9H2,1H3,(H,17,20). The topological polar surface area (TPSA) is 92.3 Å². The van der Waals surface area contributed by atoms with Crippen LogP contribution in [0.4, 0.5) is 0 Å². The number of carbonyl (C=O) groups is 1. The van der Waals surface area contributed by atoms with Gasteiger partial charge in [-0.3, -0.25) is 9.78 Å². The van der Waals surface area contributed by atoms with Crippen LogP contribution in [0, 0.1) is 0 Å². The molecule has 0 unspecified atom stereocenters. The zero-order chi connectivity index (χ0) is 16.4. The molecule has 1 aromatic carbocycles. The zero-order valence-corrected chi connectivity index (χ0v) is 13.6. The van der Waals surface area contributed by atoms with Gasteiger partial charge in [-0.2, -0.15) is 0 Å². The Balaban J connectivity index is 1.65. The summed E-state index contributed by atoms with van der Waals surface area (Å²) in [5, 5.41) is 2.91. The van der Waals surface area contributed by atoms with Gasteiger partial charge in [0.15, 0.2) is 0 Å². The fourth-order valence-electron chi connectivity index (χ4n) is 2.66. The smallest absolute Gasteiger partial charge is 0.271 e. The van der Waals surface area contributed by atoms with E-state index in [1.165, 1.54) is 16.8 Å². The molecule has 1 fully saturated rings. The molecule has 23 heavy (non-hydrogen) atoms. The maximum absolute atomic E-state index is 12.3. The molecule has 2 heterocycles. The zero-order valence-electron chi connectivity index (χ0n) is 12.8. The third-order valence-corrected chi connectivity index (χ3v) is 5.24. The Labute approximate surface area is 134 Å². The van der Waals surface area contributed by atoms with Gasteiger partial charge in [-0.25, -0.2) is 17.7 Å². The molecule has 3 rings (SSSR count). The van der Waals surface area contributed by atoms with E-state index in [1.807, 2.05) is 24.3 Å². The molecule has 2 aromatic rings. The molecular weight excluding hydrogens is 316 g/mol. The second kappa shape index (κ2) is 6.21. The number of nitrogens with one attached hydrogen (secondary N) is 1. The largest absolute Gasteiger partial charge is 0.348 e. The highest BCUT2D eigenvalue weighted by molar-refractivity contribution is 7.88. The molecular formula is C15H18N4O3S. The quantitative estimate of drug-likeness (QED) is 0.895. The SMILES string of the molecule is CS(=O)(=O)N1CCC(NC(=O)c2cnc3ccccc3n2)CC1. The summed E-state index contributed by atoms with van der Waals surface area (Å²) in [4.78, 5) is 20.8. The second-order valence-electron chi connectivity index (χ2n) is 5.65. The first kappa shape index (κ1) is 15.8. The molecule has 1 aromatic heterocycles. The van der Waals surface area contributed by atoms with Gasteiger partial charge in [0.1, 0.15) is 5.69 Å². The number of rotatable bonds is 3. The Kier molecular flexibility index (Phi) is 4.27. The Morgan fingerprint density at radius 3 is 2.52 bits per heavy atom. The number of hydrogen-bond donors (Lipinski definition) is 1. The lowest BCUT2D eigenvalue weighted by molar-refractivity contribution is 0.0919. The summed E-state index contributed by atoms with van der Waals surface area (Å²) in [6, 6.07) is 7.31. The lowest BCUT2D eigenvalue weighted by Gasteiger charge is -2.30. The number of para-hydroxylation sites is 2. The Morgan fingerprint density at radius 2 is 1.87 bits per heavy atom. The predicted octanol–water partition coefficient (Wildman–Crippen LogP) is 0.784. The lowest BCUT2D eigenvalue weighted by atomic mass is 10.1. The third kappa shape index (κ3) is 3.65. The summed E-state index contributed by atoms with van der Waals surface area (Å²) in [5.41, 5.74) is 1.69. The van der Waals surface area contributed by atoms with Crippen molar-refractivity contribution in [1.82, 2.24) is 19.6 Å². The number of amides is 1. The maximum atomic E-state index is 12.3. The van der Waals surface area contributed by atoms with Gasteiger partial charge in [-0.05, 0) is 25.0 Å². The summed E-state index contributed by atoms with van der Waals surface area (Å²) >= 11 is 0. The van der Waals surface area contributed by atoms with Gasteiger partial charge in [0.2, 0.25) is 10.0 Å². The summed E-state index contributed by atoms with van der Waals surface area (Å²) in [6.07, 6.45) is 3.86. The van der Waals surface area contributed by atoms with Crippen molar-refractivity contribution < 1.29 is 13.2 Å². The van der Waals surface area contributed by atoms with Crippen molar-refractivity contribution in [2.24, 2.45) is 0 Å². The van der Waals surface area contributed by atoms with E-state index in [9.17, 15) is 13.2 Å². The fourth-order valence-corrected chi connectivity index (χ4v) is 3.53. The average molecular weight is 334 g/mol. The van der Waals surface area contributed by atoms with Gasteiger partial charge < -0.3 is 5.32 Å². The van der Waals surface area contributed by atoms with Crippen LogP contribution in [-0.4, -0.2) is 54.0 Å². The van der Waals surface area contributed by atoms with Gasteiger partial charge in [0.25, 0.3) is 5.91 Å². The number of hydrogen-bond acceptors (Lipinski definition) is 5. The van der Waals surface area contributed by atoms with Crippen molar-refractivity contribution >= 4 is 27.0 Å². The molecule has 0 bridgehead atoms. The first-order valence-corrected chi connectivity index (χ1v) is 9.26. The highest BCUT2D eigenvalue weighted by Crippen LogP contribution is 2.14. The highest BCUT2D eigenvalue weighted by Gasteiger charge is 2.26. The molecule has 1 aliphatic rings. The molecule has 0 aliphatic carbocycles. The van der Waals surface area contributed by atoms with Crippen LogP contribution < -0.4 is 5.32 Å². The van der Waals surface area contributed by atoms with Crippen LogP contribution in [0.5, 0.6) is 0 Å². The molecule has 0 radical (unpaired) electrons. The summed E-state index contributed by atoms with van der Waals surface area (Å²) in [7, 11) is -3.16. The summed E-state index contributed by atoms with van der Waals surface area (Å²) in [6.45, 7) is 0.848. The van der Waals surface area contributed by atoms with E-state index in [0.29, 0.717) is 31.4 Å². The number of carbonyl (C=O) groups excluding carboxylic acids is 1. The minimum Gasteiger partial charge on any atom is -0.348 e. The Morgan fingerprint density at radius 1 is 1.22 bits per heavy atom. The van der Waals surface area contributed by atoms with E-state index in [1.54, 1.807) is 0 Å². The molecule has 8 heteroatoms. The van der Waals surface area contributed by atoms with Gasteiger partial charge in [-0.1, -0.05) is 12.1 Å². The normalized spacial score (nSPS) is 17.3. The van der Waals surface area contributed by atoms with E-state index in [-0.39, 0.29) is 17.6 Å². The first-order chi connectivity index (χ1) is 10.9. The molecule has 122 valence electrons. The Hall–Kier alpha value is -2.06. The molecule has 1 amide bonds. The van der Waals surface area contributed by atoms with E-state index in [2.05, 4.69) is 15.3 Å². The molecule has 1 saturated heterocycles. The number of nitrogens with zero attached hydrogens (tertiary/aromatic N) is 3. The van der Waals surface area contributed by atoms with Crippen molar-refractivity contribution in [2.45, 2.75) is 18.9 Å². The Bertz CT molecular complexity index is 829. The molecule has 0 saturated carbocycles. The van der Waals surface area contributed by atoms with Gasteiger partial charge in [0.05, 0.1) is 23.5 Å². The van der Waals surface area contributed by atoms with Crippen molar-refractivity contribution in [3.63, 3.8) is 0 Å². The first-order valence-electron chi connectivity index (χ1n) is 7.41. The fraction of sp³-hybridized carbons (Fsp3) is 0.400. The third-order valence-electron chi connectivity index (χ3n) is 3.94. The molecule has 1 N–H and O–H groups in total. The molecule has 0 atom stereocenters. The van der Waals surface area contributed by atoms with Gasteiger partial charge in [-0.15, -0.1) is 0 Å². The van der Waals surface area contributed by atoms with Crippen molar-refractivity contribution in [3.05, 3.63) is 36.2 Å². The minimum atomic E-state index is -3.16. The molecule has 1 aliphatic heterocycles. The van der Waals surface area contributed by atoms with Crippen LogP contribution in [-0.2, 0) is 10.0 Å².